The van der Waals surface area contributed by atoms with E-state index in [4.69, 9.17) is 4.99 Å². The number of rotatable bonds is 15. The highest BCUT2D eigenvalue weighted by atomic mass is 19.1. The lowest BCUT2D eigenvalue weighted by atomic mass is 9.94. The van der Waals surface area contributed by atoms with E-state index in [1.807, 2.05) is 79.4 Å². The first-order chi connectivity index (χ1) is 26.5. The summed E-state index contributed by atoms with van der Waals surface area (Å²) in [5, 5.41) is 25.9. The number of benzene rings is 3. The first kappa shape index (κ1) is 38.7. The second-order valence-corrected chi connectivity index (χ2v) is 16.4. The molecule has 2 amide bonds. The minimum absolute atomic E-state index is 0.0352. The van der Waals surface area contributed by atoms with Crippen LogP contribution in [-0.4, -0.2) is 61.6 Å². The number of amidine groups is 1. The van der Waals surface area contributed by atoms with Crippen LogP contribution >= 0.6 is 0 Å². The Morgan fingerprint density at radius 2 is 1.49 bits per heavy atom. The highest BCUT2D eigenvalue weighted by molar-refractivity contribution is 6.12. The fourth-order valence-corrected chi connectivity index (χ4v) is 8.50. The van der Waals surface area contributed by atoms with Crippen molar-refractivity contribution in [3.8, 4) is 22.4 Å². The molecule has 0 saturated heterocycles. The Labute approximate surface area is 324 Å². The molecule has 2 saturated carbocycles. The van der Waals surface area contributed by atoms with Gasteiger partial charge in [-0.15, -0.1) is 0 Å². The smallest absolute Gasteiger partial charge is 0.258 e. The highest BCUT2D eigenvalue weighted by Crippen LogP contribution is 2.48. The highest BCUT2D eigenvalue weighted by Gasteiger charge is 2.48. The minimum Gasteiger partial charge on any atom is -0.393 e. The summed E-state index contributed by atoms with van der Waals surface area (Å²) in [5.41, 5.74) is 5.02. The summed E-state index contributed by atoms with van der Waals surface area (Å²) in [5.74, 6) is 1.40. The van der Waals surface area contributed by atoms with E-state index in [1.165, 1.54) is 12.1 Å². The second-order valence-electron chi connectivity index (χ2n) is 16.4. The van der Waals surface area contributed by atoms with Gasteiger partial charge in [0.2, 0.25) is 5.91 Å². The lowest BCUT2D eigenvalue weighted by Crippen LogP contribution is -2.47. The van der Waals surface area contributed by atoms with Gasteiger partial charge in [-0.1, -0.05) is 69.3 Å². The molecule has 1 aromatic heterocycles. The van der Waals surface area contributed by atoms with Crippen LogP contribution in [-0.2, 0) is 11.3 Å². The molecule has 0 radical (unpaired) electrons. The van der Waals surface area contributed by atoms with Crippen molar-refractivity contribution < 1.29 is 24.2 Å². The molecule has 0 bridgehead atoms. The number of aliphatic hydroxyl groups is 2. The van der Waals surface area contributed by atoms with Gasteiger partial charge in [0, 0.05) is 36.0 Å². The van der Waals surface area contributed by atoms with Gasteiger partial charge < -0.3 is 20.1 Å². The minimum atomic E-state index is -1.03. The van der Waals surface area contributed by atoms with Crippen molar-refractivity contribution in [3.05, 3.63) is 102 Å². The number of carbonyl (C=O) groups is 2. The van der Waals surface area contributed by atoms with Crippen LogP contribution in [0.25, 0.3) is 22.4 Å². The van der Waals surface area contributed by atoms with Crippen LogP contribution in [0.1, 0.15) is 101 Å². The molecule has 2 aliphatic carbocycles. The molecule has 2 heterocycles. The van der Waals surface area contributed by atoms with Gasteiger partial charge in [0.25, 0.3) is 5.91 Å². The van der Waals surface area contributed by atoms with Gasteiger partial charge in [-0.3, -0.25) is 19.5 Å². The van der Waals surface area contributed by atoms with Crippen LogP contribution in [0.2, 0.25) is 0 Å². The largest absolute Gasteiger partial charge is 0.393 e. The molecule has 2 unspecified atom stereocenters. The van der Waals surface area contributed by atoms with E-state index in [-0.39, 0.29) is 54.9 Å². The Balaban J connectivity index is 1.17. The van der Waals surface area contributed by atoms with E-state index in [0.717, 1.165) is 66.0 Å². The number of anilines is 1. The van der Waals surface area contributed by atoms with Crippen molar-refractivity contribution in [2.45, 2.75) is 116 Å². The van der Waals surface area contributed by atoms with Crippen molar-refractivity contribution in [1.82, 2.24) is 9.47 Å². The number of aliphatic hydroxyl groups excluding tert-OH is 2. The van der Waals surface area contributed by atoms with Crippen LogP contribution in [0.3, 0.4) is 0 Å². The van der Waals surface area contributed by atoms with Gasteiger partial charge in [0.15, 0.2) is 0 Å². The summed E-state index contributed by atoms with van der Waals surface area (Å²) < 4.78 is 16.4. The summed E-state index contributed by atoms with van der Waals surface area (Å²) >= 11 is 0. The molecule has 290 valence electrons. The van der Waals surface area contributed by atoms with Crippen LogP contribution in [0.15, 0.2) is 89.9 Å². The topological polar surface area (TPSA) is 107 Å². The standard InChI is InChI=1S/C46H55FN4O4/c1-28(2)43-42(46(55)49-36-13-9-6-10-14-36)41(31-11-7-5-8-12-31)45(34-19-21-35(47)22-20-34)50(43)24-23-37(52)26-38(53)27-40(54)51(39-25-29(3)30(4)48-39)44(32-15-16-32)33-17-18-33/h5-14,19-22,28-30,32-33,37-38,44,52-53H,15-18,23-27H2,1-4H3,(H,49,55)/t29?,30?,37-,38-/m1/s1. The third kappa shape index (κ3) is 8.79. The molecule has 4 aromatic rings. The van der Waals surface area contributed by atoms with Crippen LogP contribution in [0, 0.1) is 23.6 Å². The molecule has 2 fully saturated rings. The maximum absolute atomic E-state index is 14.4. The molecule has 0 spiro atoms. The van der Waals surface area contributed by atoms with E-state index >= 15 is 0 Å². The fraction of sp³-hybridized carbons (Fsp3) is 0.457. The third-order valence-corrected chi connectivity index (χ3v) is 11.7. The second kappa shape index (κ2) is 16.6. The molecule has 3 aromatic carbocycles. The number of aliphatic imine (C=N–C) groups is 1. The molecule has 3 aliphatic rings. The average Bonchev–Trinajstić information content (AvgIpc) is 4.10. The van der Waals surface area contributed by atoms with Crippen LogP contribution in [0.5, 0.6) is 0 Å². The predicted octanol–water partition coefficient (Wildman–Crippen LogP) is 9.07. The summed E-state index contributed by atoms with van der Waals surface area (Å²) in [6.45, 7) is 8.69. The zero-order valence-electron chi connectivity index (χ0n) is 32.5. The molecule has 8 nitrogen and oxygen atoms in total. The number of hydrogen-bond acceptors (Lipinski definition) is 5. The molecule has 1 aliphatic heterocycles. The van der Waals surface area contributed by atoms with E-state index in [0.29, 0.717) is 35.5 Å². The van der Waals surface area contributed by atoms with Crippen LogP contribution < -0.4 is 5.32 Å². The first-order valence-corrected chi connectivity index (χ1v) is 20.2. The Hall–Kier alpha value is -4.60. The summed E-state index contributed by atoms with van der Waals surface area (Å²) in [7, 11) is 0. The van der Waals surface area contributed by atoms with Gasteiger partial charge in [-0.05, 0) is 117 Å². The number of nitrogens with one attached hydrogen (secondary N) is 1. The van der Waals surface area contributed by atoms with Gasteiger partial charge in [-0.25, -0.2) is 4.39 Å². The summed E-state index contributed by atoms with van der Waals surface area (Å²) in [4.78, 5) is 35.3. The SMILES string of the molecule is CC(C)c1c(C(=O)Nc2ccccc2)c(-c2ccccc2)c(-c2ccc(F)cc2)n1CC[C@@H](O)C[C@@H](O)CC(=O)N(C1=NC(C)C(C)C1)C(C1CC1)C1CC1. The van der Waals surface area contributed by atoms with Crippen molar-refractivity contribution in [2.75, 3.05) is 5.32 Å². The van der Waals surface area contributed by atoms with Crippen LogP contribution in [0.4, 0.5) is 10.1 Å². The van der Waals surface area contributed by atoms with Crippen molar-refractivity contribution in [1.29, 1.82) is 0 Å². The Morgan fingerprint density at radius 1 is 0.873 bits per heavy atom. The fourth-order valence-electron chi connectivity index (χ4n) is 8.50. The number of carbonyl (C=O) groups excluding carboxylic acids is 2. The lowest BCUT2D eigenvalue weighted by molar-refractivity contribution is -0.132. The van der Waals surface area contributed by atoms with E-state index < -0.39 is 12.2 Å². The monoisotopic (exact) mass is 746 g/mol. The maximum atomic E-state index is 14.4. The maximum Gasteiger partial charge on any atom is 0.258 e. The summed E-state index contributed by atoms with van der Waals surface area (Å²) in [6.07, 6.45) is 3.56. The number of nitrogens with zero attached hydrogens (tertiary/aromatic N) is 3. The van der Waals surface area contributed by atoms with Gasteiger partial charge in [0.05, 0.1) is 35.9 Å². The number of amides is 2. The van der Waals surface area contributed by atoms with Gasteiger partial charge >= 0.3 is 0 Å². The van der Waals surface area contributed by atoms with E-state index in [1.54, 1.807) is 12.1 Å². The number of hydrogen-bond donors (Lipinski definition) is 3. The Morgan fingerprint density at radius 3 is 2.05 bits per heavy atom. The van der Waals surface area contributed by atoms with Crippen molar-refractivity contribution in [3.63, 3.8) is 0 Å². The normalized spacial score (nSPS) is 19.4. The molecule has 3 N–H and O–H groups in total. The van der Waals surface area contributed by atoms with E-state index in [9.17, 15) is 24.2 Å². The van der Waals surface area contributed by atoms with Gasteiger partial charge in [-0.2, -0.15) is 0 Å². The van der Waals surface area contributed by atoms with E-state index in [2.05, 4.69) is 23.7 Å². The van der Waals surface area contributed by atoms with Gasteiger partial charge in [0.1, 0.15) is 11.7 Å². The molecule has 7 rings (SSSR count). The predicted molar refractivity (Wildman–Crippen MR) is 216 cm³/mol. The Bertz CT molecular complexity index is 1970. The lowest BCUT2D eigenvalue weighted by Gasteiger charge is -2.33. The molecule has 55 heavy (non-hydrogen) atoms. The third-order valence-electron chi connectivity index (χ3n) is 11.7. The van der Waals surface area contributed by atoms with Crippen molar-refractivity contribution in [2.24, 2.45) is 22.7 Å². The zero-order valence-corrected chi connectivity index (χ0v) is 32.5. The number of para-hydroxylation sites is 1. The quantitative estimate of drug-likeness (QED) is 0.113. The zero-order chi connectivity index (χ0) is 38.8. The molecular weight excluding hydrogens is 692 g/mol. The molecular formula is C46H55FN4O4. The number of halogens is 1. The number of aromatic nitrogens is 1. The van der Waals surface area contributed by atoms with Crippen molar-refractivity contribution >= 4 is 23.3 Å². The molecule has 4 atom stereocenters. The first-order valence-electron chi connectivity index (χ1n) is 20.2. The summed E-state index contributed by atoms with van der Waals surface area (Å²) in [6, 6.07) is 25.7. The average molecular weight is 747 g/mol. The molecule has 9 heteroatoms. The Kier molecular flexibility index (Phi) is 11.7.